The average molecular weight is 161 g/mol. The van der Waals surface area contributed by atoms with Gasteiger partial charge in [-0.15, -0.1) is 0 Å². The number of oxime groups is 1. The molecule has 1 aliphatic rings. The Hall–Kier alpha value is -0.710. The minimum atomic E-state index is -0.848. The molecule has 0 aromatic rings. The van der Waals surface area contributed by atoms with Crippen molar-refractivity contribution in [1.82, 2.24) is 0 Å². The lowest BCUT2D eigenvalue weighted by molar-refractivity contribution is -0.137. The Labute approximate surface area is 62.2 Å². The van der Waals surface area contributed by atoms with Crippen molar-refractivity contribution in [3.05, 3.63) is 0 Å². The second kappa shape index (κ2) is 2.92. The first kappa shape index (κ1) is 7.40. The molecule has 10 heavy (non-hydrogen) atoms. The molecule has 56 valence electrons. The van der Waals surface area contributed by atoms with E-state index in [9.17, 15) is 4.79 Å². The monoisotopic (exact) mass is 161 g/mol. The Morgan fingerprint density at radius 1 is 2.00 bits per heavy atom. The summed E-state index contributed by atoms with van der Waals surface area (Å²) in [5.41, 5.74) is 0. The van der Waals surface area contributed by atoms with Gasteiger partial charge in [0.05, 0.1) is 0 Å². The summed E-state index contributed by atoms with van der Waals surface area (Å²) in [6.07, 6.45) is 0. The summed E-state index contributed by atoms with van der Waals surface area (Å²) in [5.74, 6) is -0.848. The molecule has 0 bridgehead atoms. The largest absolute Gasteiger partial charge is 0.480 e. The first-order valence-electron chi connectivity index (χ1n) is 2.76. The Kier molecular flexibility index (Phi) is 2.16. The summed E-state index contributed by atoms with van der Waals surface area (Å²) in [7, 11) is 0. The molecule has 0 radical (unpaired) electrons. The van der Waals surface area contributed by atoms with E-state index in [0.717, 1.165) is 0 Å². The Balaban J connectivity index is 2.53. The van der Waals surface area contributed by atoms with Gasteiger partial charge in [-0.3, -0.25) is 4.79 Å². The summed E-state index contributed by atoms with van der Waals surface area (Å²) in [5, 5.41) is 12.3. The van der Waals surface area contributed by atoms with Gasteiger partial charge < -0.3 is 9.94 Å². The molecule has 1 aliphatic heterocycles. The van der Waals surface area contributed by atoms with Crippen molar-refractivity contribution < 1.29 is 14.7 Å². The SMILES string of the molecule is CC1=NOCC(C(=O)O)S1. The zero-order valence-electron chi connectivity index (χ0n) is 5.40. The van der Waals surface area contributed by atoms with Crippen molar-refractivity contribution in [1.29, 1.82) is 0 Å². The van der Waals surface area contributed by atoms with Gasteiger partial charge in [-0.25, -0.2) is 0 Å². The predicted molar refractivity (Wildman–Crippen MR) is 38.1 cm³/mol. The molecule has 1 heterocycles. The molecule has 0 aliphatic carbocycles. The zero-order chi connectivity index (χ0) is 7.56. The number of hydrogen-bond acceptors (Lipinski definition) is 4. The van der Waals surface area contributed by atoms with E-state index >= 15 is 0 Å². The number of carboxylic acids is 1. The van der Waals surface area contributed by atoms with Crippen molar-refractivity contribution in [3.8, 4) is 0 Å². The molecule has 1 N–H and O–H groups in total. The van der Waals surface area contributed by atoms with Crippen LogP contribution in [-0.2, 0) is 9.63 Å². The van der Waals surface area contributed by atoms with E-state index in [0.29, 0.717) is 5.04 Å². The number of rotatable bonds is 1. The third-order valence-corrected chi connectivity index (χ3v) is 2.05. The summed E-state index contributed by atoms with van der Waals surface area (Å²) in [6.45, 7) is 1.89. The van der Waals surface area contributed by atoms with Crippen LogP contribution < -0.4 is 0 Å². The van der Waals surface area contributed by atoms with Gasteiger partial charge in [-0.05, 0) is 6.92 Å². The van der Waals surface area contributed by atoms with Crippen molar-refractivity contribution in [2.45, 2.75) is 12.2 Å². The normalized spacial score (nSPS) is 24.9. The molecular formula is C5H7NO3S. The molecule has 1 atom stereocenters. The van der Waals surface area contributed by atoms with Crippen LogP contribution in [0, 0.1) is 0 Å². The van der Waals surface area contributed by atoms with Crippen molar-refractivity contribution in [2.75, 3.05) is 6.61 Å². The smallest absolute Gasteiger partial charge is 0.320 e. The zero-order valence-corrected chi connectivity index (χ0v) is 6.22. The summed E-state index contributed by atoms with van der Waals surface area (Å²) < 4.78 is 0. The highest BCUT2D eigenvalue weighted by atomic mass is 32.2. The first-order valence-corrected chi connectivity index (χ1v) is 3.64. The standard InChI is InChI=1S/C5H7NO3S/c1-3-6-9-2-4(10-3)5(7)8/h4H,2H2,1H3,(H,7,8). The van der Waals surface area contributed by atoms with Crippen LogP contribution in [0.4, 0.5) is 0 Å². The van der Waals surface area contributed by atoms with E-state index in [4.69, 9.17) is 5.11 Å². The fourth-order valence-electron chi connectivity index (χ4n) is 0.579. The van der Waals surface area contributed by atoms with Gasteiger partial charge in [0.2, 0.25) is 0 Å². The number of thioether (sulfide) groups is 1. The lowest BCUT2D eigenvalue weighted by atomic mass is 10.5. The van der Waals surface area contributed by atoms with Crippen LogP contribution in [0.2, 0.25) is 0 Å². The Morgan fingerprint density at radius 2 is 2.70 bits per heavy atom. The maximum absolute atomic E-state index is 10.3. The molecule has 4 nitrogen and oxygen atoms in total. The second-order valence-corrected chi connectivity index (χ2v) is 3.25. The number of hydrogen-bond donors (Lipinski definition) is 1. The molecule has 0 saturated heterocycles. The molecule has 1 unspecified atom stereocenters. The maximum atomic E-state index is 10.3. The van der Waals surface area contributed by atoms with E-state index in [1.165, 1.54) is 11.8 Å². The van der Waals surface area contributed by atoms with E-state index < -0.39 is 11.2 Å². The van der Waals surface area contributed by atoms with Crippen molar-refractivity contribution in [3.63, 3.8) is 0 Å². The van der Waals surface area contributed by atoms with Crippen LogP contribution in [0.25, 0.3) is 0 Å². The van der Waals surface area contributed by atoms with Gasteiger partial charge in [0.15, 0.2) is 0 Å². The molecule has 5 heteroatoms. The molecule has 1 rings (SSSR count). The summed E-state index contributed by atoms with van der Waals surface area (Å²) >= 11 is 1.22. The van der Waals surface area contributed by atoms with Crippen LogP contribution >= 0.6 is 11.8 Å². The topological polar surface area (TPSA) is 58.9 Å². The minimum absolute atomic E-state index is 0.164. The van der Waals surface area contributed by atoms with Gasteiger partial charge >= 0.3 is 5.97 Å². The molecule has 0 aromatic carbocycles. The van der Waals surface area contributed by atoms with Gasteiger partial charge in [0.1, 0.15) is 16.9 Å². The number of carbonyl (C=O) groups is 1. The van der Waals surface area contributed by atoms with Crippen LogP contribution in [0.1, 0.15) is 6.92 Å². The minimum Gasteiger partial charge on any atom is -0.480 e. The highest BCUT2D eigenvalue weighted by Gasteiger charge is 2.23. The number of nitrogens with zero attached hydrogens (tertiary/aromatic N) is 1. The van der Waals surface area contributed by atoms with E-state index in [2.05, 4.69) is 9.99 Å². The summed E-state index contributed by atoms with van der Waals surface area (Å²) in [4.78, 5) is 15.0. The van der Waals surface area contributed by atoms with E-state index in [1.807, 2.05) is 0 Å². The van der Waals surface area contributed by atoms with Crippen LogP contribution in [0.3, 0.4) is 0 Å². The Morgan fingerprint density at radius 3 is 3.10 bits per heavy atom. The number of carboxylic acid groups (broad SMARTS) is 1. The lowest BCUT2D eigenvalue weighted by Gasteiger charge is -2.14. The average Bonchev–Trinajstić information content (AvgIpc) is 1.88. The molecular weight excluding hydrogens is 154 g/mol. The third kappa shape index (κ3) is 1.63. The quantitative estimate of drug-likeness (QED) is 0.609. The Bertz CT molecular complexity index is 180. The lowest BCUT2D eigenvalue weighted by Crippen LogP contribution is -2.25. The molecule has 0 saturated carbocycles. The van der Waals surface area contributed by atoms with Gasteiger partial charge in [-0.2, -0.15) is 0 Å². The molecule has 0 fully saturated rings. The second-order valence-electron chi connectivity index (χ2n) is 1.85. The third-order valence-electron chi connectivity index (χ3n) is 1.01. The molecule has 0 aromatic heterocycles. The van der Waals surface area contributed by atoms with E-state index in [-0.39, 0.29) is 6.61 Å². The van der Waals surface area contributed by atoms with Crippen molar-refractivity contribution in [2.24, 2.45) is 5.16 Å². The van der Waals surface area contributed by atoms with Crippen molar-refractivity contribution >= 4 is 22.8 Å². The van der Waals surface area contributed by atoms with Crippen LogP contribution in [-0.4, -0.2) is 28.0 Å². The van der Waals surface area contributed by atoms with Gasteiger partial charge in [-0.1, -0.05) is 16.9 Å². The fraction of sp³-hybridized carbons (Fsp3) is 0.600. The number of aliphatic carboxylic acids is 1. The summed E-state index contributed by atoms with van der Waals surface area (Å²) in [6, 6.07) is 0. The fourth-order valence-corrected chi connectivity index (χ4v) is 1.32. The van der Waals surface area contributed by atoms with Gasteiger partial charge in [0.25, 0.3) is 0 Å². The predicted octanol–water partition coefficient (Wildman–Crippen LogP) is 0.536. The first-order chi connectivity index (χ1) is 4.70. The molecule has 0 spiro atoms. The van der Waals surface area contributed by atoms with Gasteiger partial charge in [0, 0.05) is 0 Å². The van der Waals surface area contributed by atoms with Crippen LogP contribution in [0.5, 0.6) is 0 Å². The highest BCUT2D eigenvalue weighted by Crippen LogP contribution is 2.18. The van der Waals surface area contributed by atoms with Crippen LogP contribution in [0.15, 0.2) is 5.16 Å². The molecule has 0 amide bonds. The highest BCUT2D eigenvalue weighted by molar-refractivity contribution is 8.15. The van der Waals surface area contributed by atoms with E-state index in [1.54, 1.807) is 6.92 Å². The maximum Gasteiger partial charge on any atom is 0.320 e.